The summed E-state index contributed by atoms with van der Waals surface area (Å²) in [6.45, 7) is 7.40. The maximum atomic E-state index is 13.1. The molecule has 174 valence electrons. The minimum atomic E-state index is -0.575. The van der Waals surface area contributed by atoms with Crippen LogP contribution in [0.4, 0.5) is 0 Å². The van der Waals surface area contributed by atoms with Gasteiger partial charge in [0.15, 0.2) is 0 Å². The average Bonchev–Trinajstić information content (AvgIpc) is 3.41. The van der Waals surface area contributed by atoms with Gasteiger partial charge in [-0.05, 0) is 38.5 Å². The molecule has 0 radical (unpaired) electrons. The van der Waals surface area contributed by atoms with Crippen molar-refractivity contribution in [3.63, 3.8) is 0 Å². The van der Waals surface area contributed by atoms with Crippen molar-refractivity contribution in [1.82, 2.24) is 10.6 Å². The molecule has 2 aliphatic rings. The highest BCUT2D eigenvalue weighted by molar-refractivity contribution is 5.86. The second kappa shape index (κ2) is 12.0. The molecule has 2 rings (SSSR count). The summed E-state index contributed by atoms with van der Waals surface area (Å²) in [5.41, 5.74) is -1.13. The first-order chi connectivity index (χ1) is 14.9. The number of aliphatic hydroxyl groups excluding tert-OH is 1. The van der Waals surface area contributed by atoms with Gasteiger partial charge >= 0.3 is 5.97 Å². The van der Waals surface area contributed by atoms with Crippen LogP contribution in [-0.4, -0.2) is 47.2 Å². The predicted octanol–water partition coefficient (Wildman–Crippen LogP) is 2.93. The second-order valence-electron chi connectivity index (χ2n) is 9.08. The first-order valence-electron chi connectivity index (χ1n) is 11.5. The number of rotatable bonds is 13. The van der Waals surface area contributed by atoms with E-state index in [2.05, 4.69) is 23.8 Å². The van der Waals surface area contributed by atoms with Gasteiger partial charge in [-0.1, -0.05) is 37.8 Å². The SMILES string of the molecule is C=CCCC(=O)OCC1(NC(=O)[C@@H](CC=C)CC(=O)NC2(CO)CCCC2)CCCC1. The van der Waals surface area contributed by atoms with Crippen LogP contribution in [-0.2, 0) is 19.1 Å². The molecule has 0 heterocycles. The summed E-state index contributed by atoms with van der Waals surface area (Å²) in [6, 6.07) is 0. The molecule has 2 amide bonds. The molecule has 3 N–H and O–H groups in total. The molecule has 1 atom stereocenters. The molecule has 0 saturated heterocycles. The van der Waals surface area contributed by atoms with Crippen molar-refractivity contribution in [2.75, 3.05) is 13.2 Å². The Morgan fingerprint density at radius 1 is 0.968 bits per heavy atom. The van der Waals surface area contributed by atoms with Gasteiger partial charge in [0.1, 0.15) is 6.61 Å². The quantitative estimate of drug-likeness (QED) is 0.305. The normalized spacial score (nSPS) is 19.9. The van der Waals surface area contributed by atoms with Gasteiger partial charge in [0.25, 0.3) is 0 Å². The van der Waals surface area contributed by atoms with Crippen molar-refractivity contribution in [3.8, 4) is 0 Å². The van der Waals surface area contributed by atoms with Crippen LogP contribution in [0.5, 0.6) is 0 Å². The largest absolute Gasteiger partial charge is 0.463 e. The van der Waals surface area contributed by atoms with Crippen LogP contribution in [0.2, 0.25) is 0 Å². The highest BCUT2D eigenvalue weighted by atomic mass is 16.5. The van der Waals surface area contributed by atoms with E-state index < -0.39 is 17.0 Å². The number of amides is 2. The first kappa shape index (κ1) is 25.1. The van der Waals surface area contributed by atoms with Crippen LogP contribution in [0.25, 0.3) is 0 Å². The molecule has 7 heteroatoms. The van der Waals surface area contributed by atoms with E-state index in [0.29, 0.717) is 12.8 Å². The summed E-state index contributed by atoms with van der Waals surface area (Å²) in [4.78, 5) is 37.7. The summed E-state index contributed by atoms with van der Waals surface area (Å²) in [6.07, 6.45) is 11.4. The van der Waals surface area contributed by atoms with Crippen molar-refractivity contribution in [2.45, 2.75) is 88.1 Å². The number of hydrogen-bond donors (Lipinski definition) is 3. The minimum absolute atomic E-state index is 0.0365. The van der Waals surface area contributed by atoms with E-state index in [-0.39, 0.29) is 43.8 Å². The van der Waals surface area contributed by atoms with Crippen LogP contribution in [0.1, 0.15) is 77.0 Å². The number of aliphatic hydroxyl groups is 1. The number of esters is 1. The Kier molecular flexibility index (Phi) is 9.75. The van der Waals surface area contributed by atoms with Gasteiger partial charge in [-0.25, -0.2) is 0 Å². The van der Waals surface area contributed by atoms with E-state index in [0.717, 1.165) is 51.4 Å². The Hall–Kier alpha value is -2.15. The van der Waals surface area contributed by atoms with Crippen molar-refractivity contribution in [1.29, 1.82) is 0 Å². The minimum Gasteiger partial charge on any atom is -0.463 e. The van der Waals surface area contributed by atoms with Crippen molar-refractivity contribution in [3.05, 3.63) is 25.3 Å². The maximum Gasteiger partial charge on any atom is 0.306 e. The summed E-state index contributed by atoms with van der Waals surface area (Å²) >= 11 is 0. The Labute approximate surface area is 185 Å². The van der Waals surface area contributed by atoms with Gasteiger partial charge in [0, 0.05) is 12.8 Å². The highest BCUT2D eigenvalue weighted by Gasteiger charge is 2.39. The maximum absolute atomic E-state index is 13.1. The number of hydrogen-bond acceptors (Lipinski definition) is 5. The van der Waals surface area contributed by atoms with E-state index in [9.17, 15) is 19.5 Å². The Morgan fingerprint density at radius 3 is 2.13 bits per heavy atom. The summed E-state index contributed by atoms with van der Waals surface area (Å²) in [5.74, 6) is -1.30. The second-order valence-corrected chi connectivity index (χ2v) is 9.08. The van der Waals surface area contributed by atoms with Gasteiger partial charge < -0.3 is 20.5 Å². The Balaban J connectivity index is 1.96. The summed E-state index contributed by atoms with van der Waals surface area (Å²) in [5, 5.41) is 15.8. The van der Waals surface area contributed by atoms with E-state index in [4.69, 9.17) is 4.74 Å². The smallest absolute Gasteiger partial charge is 0.306 e. The molecule has 0 aliphatic heterocycles. The van der Waals surface area contributed by atoms with Crippen LogP contribution in [0.3, 0.4) is 0 Å². The zero-order valence-electron chi connectivity index (χ0n) is 18.6. The third kappa shape index (κ3) is 7.49. The predicted molar refractivity (Wildman–Crippen MR) is 119 cm³/mol. The molecule has 0 unspecified atom stereocenters. The molecule has 31 heavy (non-hydrogen) atoms. The van der Waals surface area contributed by atoms with E-state index in [1.54, 1.807) is 12.2 Å². The average molecular weight is 435 g/mol. The van der Waals surface area contributed by atoms with Gasteiger partial charge in [-0.3, -0.25) is 14.4 Å². The molecular formula is C24H38N2O5. The van der Waals surface area contributed by atoms with Gasteiger partial charge in [-0.2, -0.15) is 0 Å². The van der Waals surface area contributed by atoms with Crippen LogP contribution < -0.4 is 10.6 Å². The van der Waals surface area contributed by atoms with Crippen molar-refractivity contribution >= 4 is 17.8 Å². The number of allylic oxidation sites excluding steroid dienone is 2. The molecule has 2 fully saturated rings. The third-order valence-electron chi connectivity index (χ3n) is 6.53. The lowest BCUT2D eigenvalue weighted by atomic mass is 9.93. The lowest BCUT2D eigenvalue weighted by Gasteiger charge is -2.32. The van der Waals surface area contributed by atoms with Crippen molar-refractivity contribution < 1.29 is 24.2 Å². The van der Waals surface area contributed by atoms with E-state index >= 15 is 0 Å². The fourth-order valence-corrected chi connectivity index (χ4v) is 4.66. The van der Waals surface area contributed by atoms with Crippen LogP contribution in [0, 0.1) is 5.92 Å². The van der Waals surface area contributed by atoms with Crippen LogP contribution >= 0.6 is 0 Å². The third-order valence-corrected chi connectivity index (χ3v) is 6.53. The zero-order chi connectivity index (χ0) is 22.7. The number of nitrogens with one attached hydrogen (secondary N) is 2. The molecule has 7 nitrogen and oxygen atoms in total. The lowest BCUT2D eigenvalue weighted by molar-refractivity contribution is -0.147. The standard InChI is InChI=1S/C24H38N2O5/c1-3-5-11-21(29)31-18-24(14-8-9-15-24)26-22(30)19(10-4-2)16-20(28)25-23(17-27)12-6-7-13-23/h3-4,19,27H,1-2,5-18H2,(H,25,28)(H,26,30)/t19-/m0/s1. The summed E-state index contributed by atoms with van der Waals surface area (Å²) in [7, 11) is 0. The number of carbonyl (C=O) groups excluding carboxylic acids is 3. The fraction of sp³-hybridized carbons (Fsp3) is 0.708. The molecule has 0 spiro atoms. The molecule has 0 aromatic heterocycles. The zero-order valence-corrected chi connectivity index (χ0v) is 18.6. The molecule has 0 aromatic carbocycles. The Bertz CT molecular complexity index is 648. The molecule has 0 aromatic rings. The number of carbonyl (C=O) groups is 3. The monoisotopic (exact) mass is 434 g/mol. The topological polar surface area (TPSA) is 105 Å². The molecule has 2 saturated carbocycles. The highest BCUT2D eigenvalue weighted by Crippen LogP contribution is 2.32. The lowest BCUT2D eigenvalue weighted by Crippen LogP contribution is -2.53. The van der Waals surface area contributed by atoms with Gasteiger partial charge in [0.05, 0.1) is 23.6 Å². The first-order valence-corrected chi connectivity index (χ1v) is 11.5. The van der Waals surface area contributed by atoms with E-state index in [1.807, 2.05) is 0 Å². The molecule has 2 aliphatic carbocycles. The van der Waals surface area contributed by atoms with Gasteiger partial charge in [-0.15, -0.1) is 13.2 Å². The molecule has 0 bridgehead atoms. The molecular weight excluding hydrogens is 396 g/mol. The van der Waals surface area contributed by atoms with Gasteiger partial charge in [0.2, 0.25) is 11.8 Å². The Morgan fingerprint density at radius 2 is 1.58 bits per heavy atom. The fourth-order valence-electron chi connectivity index (χ4n) is 4.66. The van der Waals surface area contributed by atoms with Crippen molar-refractivity contribution in [2.24, 2.45) is 5.92 Å². The summed E-state index contributed by atoms with van der Waals surface area (Å²) < 4.78 is 5.44. The van der Waals surface area contributed by atoms with Crippen LogP contribution in [0.15, 0.2) is 25.3 Å². The number of ether oxygens (including phenoxy) is 1. The van der Waals surface area contributed by atoms with E-state index in [1.165, 1.54) is 0 Å².